The van der Waals surface area contributed by atoms with Crippen molar-refractivity contribution in [3.8, 4) is 5.75 Å². The molecule has 0 saturated heterocycles. The summed E-state index contributed by atoms with van der Waals surface area (Å²) in [6, 6.07) is 10.0. The van der Waals surface area contributed by atoms with Crippen molar-refractivity contribution in [1.29, 1.82) is 0 Å². The highest BCUT2D eigenvalue weighted by Gasteiger charge is 2.31. The number of sulfonamides is 1. The van der Waals surface area contributed by atoms with Gasteiger partial charge in [0.2, 0.25) is 0 Å². The molecule has 0 bridgehead atoms. The van der Waals surface area contributed by atoms with E-state index in [-0.39, 0.29) is 4.90 Å². The number of methoxy groups -OCH3 is 1. The van der Waals surface area contributed by atoms with Gasteiger partial charge in [-0.15, -0.1) is 0 Å². The van der Waals surface area contributed by atoms with Crippen molar-refractivity contribution in [1.82, 2.24) is 4.90 Å². The van der Waals surface area contributed by atoms with Gasteiger partial charge in [0.25, 0.3) is 10.0 Å². The van der Waals surface area contributed by atoms with Crippen molar-refractivity contribution in [2.45, 2.75) is 36.8 Å². The van der Waals surface area contributed by atoms with Crippen molar-refractivity contribution < 1.29 is 31.1 Å². The van der Waals surface area contributed by atoms with Gasteiger partial charge in [-0.2, -0.15) is 13.2 Å². The van der Waals surface area contributed by atoms with Crippen LogP contribution in [0.5, 0.6) is 5.75 Å². The highest BCUT2D eigenvalue weighted by molar-refractivity contribution is 7.92. The van der Waals surface area contributed by atoms with Crippen LogP contribution < -0.4 is 9.04 Å². The van der Waals surface area contributed by atoms with Gasteiger partial charge in [-0.1, -0.05) is 12.8 Å². The summed E-state index contributed by atoms with van der Waals surface area (Å²) in [7, 11) is 1.14. The fourth-order valence-corrected chi connectivity index (χ4v) is 4.45. The molecule has 0 amide bonds. The molecule has 0 aliphatic heterocycles. The number of benzene rings is 2. The largest absolute Gasteiger partial charge is 0.494 e. The summed E-state index contributed by atoms with van der Waals surface area (Å²) < 4.78 is 75.6. The van der Waals surface area contributed by atoms with Crippen molar-refractivity contribution in [2.75, 3.05) is 51.8 Å². The van der Waals surface area contributed by atoms with Crippen LogP contribution in [0.3, 0.4) is 0 Å². The summed E-state index contributed by atoms with van der Waals surface area (Å²) in [5.74, 6) is 0.628. The van der Waals surface area contributed by atoms with E-state index in [9.17, 15) is 21.6 Å². The molecule has 0 radical (unpaired) electrons. The van der Waals surface area contributed by atoms with Crippen molar-refractivity contribution in [3.63, 3.8) is 0 Å². The fourth-order valence-electron chi connectivity index (χ4n) is 3.25. The second-order valence-corrected chi connectivity index (χ2v) is 10.0. The highest BCUT2D eigenvalue weighted by Crippen LogP contribution is 2.31. The van der Waals surface area contributed by atoms with Gasteiger partial charge in [0.1, 0.15) is 5.75 Å². The van der Waals surface area contributed by atoms with E-state index in [1.807, 2.05) is 0 Å². The van der Waals surface area contributed by atoms with E-state index < -0.39 is 21.8 Å². The Morgan fingerprint density at radius 3 is 2.03 bits per heavy atom. The van der Waals surface area contributed by atoms with Crippen LogP contribution in [0.4, 0.5) is 18.9 Å². The number of ether oxygens (including phenoxy) is 2. The molecule has 0 aliphatic rings. The molecule has 0 aliphatic carbocycles. The standard InChI is InChI=1S/C24H33F3N2O4S/c1-28(17-19-32-3)16-6-4-5-7-18-33-22-12-10-21(11-13-22)29(2)34(30,31)23-14-8-20(9-15-23)24(25,26)27/h8-15H,4-7,16-19H2,1-3H3. The Kier molecular flexibility index (Phi) is 10.7. The van der Waals surface area contributed by atoms with E-state index >= 15 is 0 Å². The number of likely N-dealkylation sites (N-methyl/N-ethyl adjacent to an activating group) is 1. The maximum Gasteiger partial charge on any atom is 0.416 e. The number of nitrogens with zero attached hydrogens (tertiary/aromatic N) is 2. The van der Waals surface area contributed by atoms with Gasteiger partial charge in [-0.25, -0.2) is 8.42 Å². The quantitative estimate of drug-likeness (QED) is 0.339. The van der Waals surface area contributed by atoms with Crippen molar-refractivity contribution in [2.24, 2.45) is 0 Å². The first kappa shape index (κ1) is 27.9. The number of alkyl halides is 3. The summed E-state index contributed by atoms with van der Waals surface area (Å²) in [5.41, 5.74) is -0.519. The maximum absolute atomic E-state index is 12.8. The Hall–Kier alpha value is -2.30. The molecule has 0 spiro atoms. The lowest BCUT2D eigenvalue weighted by Gasteiger charge is -2.20. The van der Waals surface area contributed by atoms with Crippen LogP contribution in [-0.2, 0) is 20.9 Å². The third-order valence-corrected chi connectivity index (χ3v) is 7.22. The molecule has 34 heavy (non-hydrogen) atoms. The zero-order valence-electron chi connectivity index (χ0n) is 19.8. The van der Waals surface area contributed by atoms with Gasteiger partial charge in [0.15, 0.2) is 0 Å². The summed E-state index contributed by atoms with van der Waals surface area (Å²) in [6.45, 7) is 3.27. The lowest BCUT2D eigenvalue weighted by molar-refractivity contribution is -0.137. The summed E-state index contributed by atoms with van der Waals surface area (Å²) in [4.78, 5) is 2.03. The Morgan fingerprint density at radius 2 is 1.44 bits per heavy atom. The van der Waals surface area contributed by atoms with E-state index in [1.54, 1.807) is 31.4 Å². The number of anilines is 1. The Labute approximate surface area is 200 Å². The molecule has 0 heterocycles. The first-order valence-electron chi connectivity index (χ1n) is 11.1. The second kappa shape index (κ2) is 13.0. The number of hydrogen-bond acceptors (Lipinski definition) is 5. The zero-order valence-corrected chi connectivity index (χ0v) is 20.7. The summed E-state index contributed by atoms with van der Waals surface area (Å²) in [5, 5.41) is 0. The molecule has 0 aromatic heterocycles. The van der Waals surface area contributed by atoms with Crippen LogP contribution in [0.25, 0.3) is 0 Å². The van der Waals surface area contributed by atoms with E-state index in [0.717, 1.165) is 74.0 Å². The van der Waals surface area contributed by atoms with Gasteiger partial charge in [0.05, 0.1) is 29.4 Å². The van der Waals surface area contributed by atoms with Gasteiger partial charge in [-0.05, 0) is 75.0 Å². The second-order valence-electron chi connectivity index (χ2n) is 8.05. The Balaban J connectivity index is 1.80. The van der Waals surface area contributed by atoms with Crippen molar-refractivity contribution in [3.05, 3.63) is 54.1 Å². The SMILES string of the molecule is COCCN(C)CCCCCCOc1ccc(N(C)S(=O)(=O)c2ccc(C(F)(F)F)cc2)cc1. The number of hydrogen-bond donors (Lipinski definition) is 0. The van der Waals surface area contributed by atoms with Gasteiger partial charge < -0.3 is 14.4 Å². The predicted molar refractivity (Wildman–Crippen MR) is 127 cm³/mol. The normalized spacial score (nSPS) is 12.2. The van der Waals surface area contributed by atoms with Gasteiger partial charge >= 0.3 is 6.18 Å². The lowest BCUT2D eigenvalue weighted by Crippen LogP contribution is -2.26. The van der Waals surface area contributed by atoms with Gasteiger partial charge in [0, 0.05) is 20.7 Å². The molecule has 0 unspecified atom stereocenters. The Morgan fingerprint density at radius 1 is 0.824 bits per heavy atom. The maximum atomic E-state index is 12.8. The molecule has 6 nitrogen and oxygen atoms in total. The minimum Gasteiger partial charge on any atom is -0.494 e. The summed E-state index contributed by atoms with van der Waals surface area (Å²) >= 11 is 0. The minimum atomic E-state index is -4.52. The van der Waals surface area contributed by atoms with Crippen LogP contribution in [0.2, 0.25) is 0 Å². The smallest absolute Gasteiger partial charge is 0.416 e. The molecule has 2 rings (SSSR count). The van der Waals surface area contributed by atoms with Crippen LogP contribution in [0.1, 0.15) is 31.2 Å². The first-order chi connectivity index (χ1) is 16.1. The number of halogens is 3. The highest BCUT2D eigenvalue weighted by atomic mass is 32.2. The van der Waals surface area contributed by atoms with Crippen LogP contribution >= 0.6 is 0 Å². The van der Waals surface area contributed by atoms with E-state index in [0.29, 0.717) is 18.0 Å². The van der Waals surface area contributed by atoms with E-state index in [1.165, 1.54) is 7.05 Å². The van der Waals surface area contributed by atoms with E-state index in [2.05, 4.69) is 11.9 Å². The average molecular weight is 503 g/mol. The average Bonchev–Trinajstić information content (AvgIpc) is 2.81. The topological polar surface area (TPSA) is 59.1 Å². The molecular formula is C24H33F3N2O4S. The summed E-state index contributed by atoms with van der Waals surface area (Å²) in [6.07, 6.45) is -0.304. The lowest BCUT2D eigenvalue weighted by atomic mass is 10.2. The number of unbranched alkanes of at least 4 members (excludes halogenated alkanes) is 3. The molecule has 2 aromatic rings. The third kappa shape index (κ3) is 8.48. The van der Waals surface area contributed by atoms with Crippen LogP contribution in [-0.4, -0.2) is 60.8 Å². The van der Waals surface area contributed by atoms with Gasteiger partial charge in [-0.3, -0.25) is 4.31 Å². The van der Waals surface area contributed by atoms with Crippen LogP contribution in [0.15, 0.2) is 53.4 Å². The van der Waals surface area contributed by atoms with E-state index in [4.69, 9.17) is 9.47 Å². The van der Waals surface area contributed by atoms with Crippen molar-refractivity contribution >= 4 is 15.7 Å². The monoisotopic (exact) mass is 502 g/mol. The molecule has 190 valence electrons. The molecule has 0 saturated carbocycles. The molecule has 2 aromatic carbocycles. The molecular weight excluding hydrogens is 469 g/mol. The Bertz CT molecular complexity index is 965. The third-order valence-electron chi connectivity index (χ3n) is 5.42. The predicted octanol–water partition coefficient (Wildman–Crippen LogP) is 5.05. The molecule has 0 atom stereocenters. The molecule has 0 fully saturated rings. The first-order valence-corrected chi connectivity index (χ1v) is 12.6. The fraction of sp³-hybridized carbons (Fsp3) is 0.500. The molecule has 0 N–H and O–H groups in total. The zero-order chi connectivity index (χ0) is 25.2. The molecule has 10 heteroatoms. The van der Waals surface area contributed by atoms with Crippen LogP contribution in [0, 0.1) is 0 Å². The number of rotatable bonds is 14. The minimum absolute atomic E-state index is 0.215.